The van der Waals surface area contributed by atoms with E-state index in [0.29, 0.717) is 38.0 Å². The number of hydrogen-bond acceptors (Lipinski definition) is 5. The average Bonchev–Trinajstić information content (AvgIpc) is 3.16. The molecule has 0 aliphatic carbocycles. The predicted molar refractivity (Wildman–Crippen MR) is 129 cm³/mol. The van der Waals surface area contributed by atoms with E-state index in [0.717, 1.165) is 29.8 Å². The Morgan fingerprint density at radius 2 is 1.93 bits per heavy atom. The number of anilines is 1. The van der Waals surface area contributed by atoms with E-state index in [4.69, 9.17) is 13.9 Å². The molecule has 0 radical (unpaired) electrons. The molecular weight excluding hydrogens is 499 g/mol. The molecule has 1 aromatic heterocycles. The van der Waals surface area contributed by atoms with Gasteiger partial charge in [0.1, 0.15) is 5.75 Å². The number of hydrogen-bond donors (Lipinski definition) is 3. The fraction of sp³-hybridized carbons (Fsp3) is 0.429. The van der Waals surface area contributed by atoms with Gasteiger partial charge in [0.05, 0.1) is 12.9 Å². The SMILES string of the molecule is CN=C(NCCCNC(=O)c1occc1C)Nc1cccc(OCCCOC)c1.I. The number of benzene rings is 1. The highest BCUT2D eigenvalue weighted by Crippen LogP contribution is 2.17. The lowest BCUT2D eigenvalue weighted by atomic mass is 10.2. The zero-order valence-electron chi connectivity index (χ0n) is 17.7. The minimum atomic E-state index is -0.197. The smallest absolute Gasteiger partial charge is 0.287 e. The molecular formula is C21H31IN4O4. The largest absolute Gasteiger partial charge is 0.493 e. The first kappa shape index (κ1) is 25.8. The van der Waals surface area contributed by atoms with Gasteiger partial charge in [-0.3, -0.25) is 9.79 Å². The fourth-order valence-electron chi connectivity index (χ4n) is 2.56. The second-order valence-corrected chi connectivity index (χ2v) is 6.39. The van der Waals surface area contributed by atoms with Crippen LogP contribution in [-0.4, -0.2) is 52.3 Å². The van der Waals surface area contributed by atoms with E-state index in [2.05, 4.69) is 20.9 Å². The lowest BCUT2D eigenvalue weighted by molar-refractivity contribution is 0.0925. The number of halogens is 1. The van der Waals surface area contributed by atoms with Crippen molar-refractivity contribution < 1.29 is 18.7 Å². The summed E-state index contributed by atoms with van der Waals surface area (Å²) in [4.78, 5) is 16.2. The first-order chi connectivity index (χ1) is 14.1. The van der Waals surface area contributed by atoms with E-state index in [-0.39, 0.29) is 29.9 Å². The van der Waals surface area contributed by atoms with E-state index >= 15 is 0 Å². The number of carbonyl (C=O) groups excluding carboxylic acids is 1. The van der Waals surface area contributed by atoms with Crippen molar-refractivity contribution >= 4 is 41.5 Å². The van der Waals surface area contributed by atoms with Crippen LogP contribution in [0.3, 0.4) is 0 Å². The number of carbonyl (C=O) groups is 1. The Bertz CT molecular complexity index is 795. The summed E-state index contributed by atoms with van der Waals surface area (Å²) < 4.78 is 15.9. The van der Waals surface area contributed by atoms with Crippen molar-refractivity contribution in [3.05, 3.63) is 47.9 Å². The molecule has 0 atom stereocenters. The first-order valence-electron chi connectivity index (χ1n) is 9.65. The maximum atomic E-state index is 12.0. The second kappa shape index (κ2) is 14.7. The molecule has 9 heteroatoms. The Labute approximate surface area is 194 Å². The van der Waals surface area contributed by atoms with Gasteiger partial charge >= 0.3 is 0 Å². The number of aryl methyl sites for hydroxylation is 1. The van der Waals surface area contributed by atoms with Gasteiger partial charge in [-0.05, 0) is 31.5 Å². The van der Waals surface area contributed by atoms with Gasteiger partial charge in [-0.2, -0.15) is 0 Å². The third-order valence-electron chi connectivity index (χ3n) is 4.08. The summed E-state index contributed by atoms with van der Waals surface area (Å²) in [5.74, 6) is 1.60. The third kappa shape index (κ3) is 9.04. The summed E-state index contributed by atoms with van der Waals surface area (Å²) in [6.45, 7) is 4.32. The van der Waals surface area contributed by atoms with Crippen LogP contribution in [0.1, 0.15) is 29.0 Å². The standard InChI is InChI=1S/C21H30N4O4.HI/c1-16-9-14-29-19(16)20(26)23-10-5-11-24-21(22-2)25-17-7-4-8-18(15-17)28-13-6-12-27-3;/h4,7-9,14-15H,5-6,10-13H2,1-3H3,(H,23,26)(H2,22,24,25);1H. The number of nitrogens with zero attached hydrogens (tertiary/aromatic N) is 1. The Morgan fingerprint density at radius 1 is 1.13 bits per heavy atom. The van der Waals surface area contributed by atoms with Crippen molar-refractivity contribution in [3.8, 4) is 5.75 Å². The predicted octanol–water partition coefficient (Wildman–Crippen LogP) is 3.43. The monoisotopic (exact) mass is 530 g/mol. The number of rotatable bonds is 11. The number of aliphatic imine (C=N–C) groups is 1. The molecule has 0 bridgehead atoms. The lowest BCUT2D eigenvalue weighted by Crippen LogP contribution is -2.33. The van der Waals surface area contributed by atoms with Gasteiger partial charge in [-0.1, -0.05) is 6.07 Å². The van der Waals surface area contributed by atoms with Crippen molar-refractivity contribution in [1.29, 1.82) is 0 Å². The highest BCUT2D eigenvalue weighted by molar-refractivity contribution is 14.0. The van der Waals surface area contributed by atoms with Crippen LogP contribution in [0.2, 0.25) is 0 Å². The van der Waals surface area contributed by atoms with Crippen molar-refractivity contribution in [2.75, 3.05) is 45.8 Å². The van der Waals surface area contributed by atoms with Crippen molar-refractivity contribution in [2.45, 2.75) is 19.8 Å². The molecule has 30 heavy (non-hydrogen) atoms. The first-order valence-corrected chi connectivity index (χ1v) is 9.65. The Hall–Kier alpha value is -2.27. The van der Waals surface area contributed by atoms with Crippen LogP contribution in [0.25, 0.3) is 0 Å². The van der Waals surface area contributed by atoms with Crippen LogP contribution in [0.15, 0.2) is 46.0 Å². The summed E-state index contributed by atoms with van der Waals surface area (Å²) in [6.07, 6.45) is 3.10. The zero-order valence-corrected chi connectivity index (χ0v) is 20.0. The molecule has 0 saturated heterocycles. The molecule has 3 N–H and O–H groups in total. The topological polar surface area (TPSA) is 97.1 Å². The zero-order chi connectivity index (χ0) is 20.9. The molecule has 2 rings (SSSR count). The quantitative estimate of drug-likeness (QED) is 0.178. The van der Waals surface area contributed by atoms with Crippen LogP contribution < -0.4 is 20.7 Å². The molecule has 1 amide bonds. The van der Waals surface area contributed by atoms with Gasteiger partial charge in [0, 0.05) is 57.6 Å². The van der Waals surface area contributed by atoms with Gasteiger partial charge in [0.15, 0.2) is 11.7 Å². The number of amides is 1. The molecule has 1 heterocycles. The van der Waals surface area contributed by atoms with Gasteiger partial charge in [0.25, 0.3) is 5.91 Å². The fourth-order valence-corrected chi connectivity index (χ4v) is 2.56. The number of furan rings is 1. The molecule has 8 nitrogen and oxygen atoms in total. The van der Waals surface area contributed by atoms with Crippen LogP contribution >= 0.6 is 24.0 Å². The summed E-state index contributed by atoms with van der Waals surface area (Å²) >= 11 is 0. The number of guanidine groups is 1. The van der Waals surface area contributed by atoms with Crippen LogP contribution in [-0.2, 0) is 4.74 Å². The molecule has 0 aliphatic rings. The molecule has 166 valence electrons. The molecule has 0 aliphatic heterocycles. The van der Waals surface area contributed by atoms with E-state index in [1.807, 2.05) is 31.2 Å². The van der Waals surface area contributed by atoms with Gasteiger partial charge in [-0.15, -0.1) is 24.0 Å². The van der Waals surface area contributed by atoms with E-state index in [1.165, 1.54) is 6.26 Å². The summed E-state index contributed by atoms with van der Waals surface area (Å²) in [7, 11) is 3.39. The second-order valence-electron chi connectivity index (χ2n) is 6.39. The number of nitrogens with one attached hydrogen (secondary N) is 3. The Balaban J connectivity index is 0.00000450. The Morgan fingerprint density at radius 3 is 2.63 bits per heavy atom. The molecule has 2 aromatic rings. The highest BCUT2D eigenvalue weighted by Gasteiger charge is 2.11. The van der Waals surface area contributed by atoms with Gasteiger partial charge in [0.2, 0.25) is 0 Å². The van der Waals surface area contributed by atoms with E-state index in [1.54, 1.807) is 20.2 Å². The van der Waals surface area contributed by atoms with Crippen LogP contribution in [0, 0.1) is 6.92 Å². The van der Waals surface area contributed by atoms with Crippen molar-refractivity contribution in [3.63, 3.8) is 0 Å². The maximum absolute atomic E-state index is 12.0. The van der Waals surface area contributed by atoms with Crippen molar-refractivity contribution in [1.82, 2.24) is 10.6 Å². The highest BCUT2D eigenvalue weighted by atomic mass is 127. The van der Waals surface area contributed by atoms with Crippen molar-refractivity contribution in [2.24, 2.45) is 4.99 Å². The third-order valence-corrected chi connectivity index (χ3v) is 4.08. The minimum Gasteiger partial charge on any atom is -0.493 e. The minimum absolute atomic E-state index is 0. The molecule has 0 saturated carbocycles. The van der Waals surface area contributed by atoms with E-state index < -0.39 is 0 Å². The lowest BCUT2D eigenvalue weighted by Gasteiger charge is -2.13. The summed E-state index contributed by atoms with van der Waals surface area (Å²) in [6, 6.07) is 9.48. The molecule has 0 fully saturated rings. The molecule has 1 aromatic carbocycles. The average molecular weight is 530 g/mol. The summed E-state index contributed by atoms with van der Waals surface area (Å²) in [5, 5.41) is 9.30. The number of ether oxygens (including phenoxy) is 2. The normalized spacial score (nSPS) is 10.8. The number of methoxy groups -OCH3 is 1. The van der Waals surface area contributed by atoms with Crippen LogP contribution in [0.5, 0.6) is 5.75 Å². The summed E-state index contributed by atoms with van der Waals surface area (Å²) in [5.41, 5.74) is 1.71. The van der Waals surface area contributed by atoms with Gasteiger partial charge in [-0.25, -0.2) is 0 Å². The van der Waals surface area contributed by atoms with E-state index in [9.17, 15) is 4.79 Å². The van der Waals surface area contributed by atoms with Gasteiger partial charge < -0.3 is 29.8 Å². The Kier molecular flexibility index (Phi) is 12.6. The molecule has 0 spiro atoms. The maximum Gasteiger partial charge on any atom is 0.287 e. The molecule has 0 unspecified atom stereocenters. The van der Waals surface area contributed by atoms with Crippen LogP contribution in [0.4, 0.5) is 5.69 Å².